The van der Waals surface area contributed by atoms with Crippen LogP contribution in [0.1, 0.15) is 18.4 Å². The first kappa shape index (κ1) is 16.9. The molecule has 136 valence electrons. The van der Waals surface area contributed by atoms with Crippen LogP contribution in [0.5, 0.6) is 0 Å². The highest BCUT2D eigenvalue weighted by Gasteiger charge is 2.40. The molecule has 0 atom stereocenters. The molecule has 6 nitrogen and oxygen atoms in total. The van der Waals surface area contributed by atoms with Crippen LogP contribution in [0.4, 0.5) is 17.1 Å². The molecule has 0 aromatic heterocycles. The number of aliphatic hydroxyl groups excluding tert-OH is 1. The first-order valence-electron chi connectivity index (χ1n) is 9.14. The number of hydrogen-bond acceptors (Lipinski definition) is 6. The number of amidine groups is 1. The Kier molecular flexibility index (Phi) is 4.77. The summed E-state index contributed by atoms with van der Waals surface area (Å²) in [6, 6.07) is 16.2. The molecule has 0 unspecified atom stereocenters. The van der Waals surface area contributed by atoms with Crippen LogP contribution in [0, 0.1) is 0 Å². The zero-order valence-electron chi connectivity index (χ0n) is 14.8. The van der Waals surface area contributed by atoms with Crippen LogP contribution < -0.4 is 21.3 Å². The predicted molar refractivity (Wildman–Crippen MR) is 106 cm³/mol. The van der Waals surface area contributed by atoms with Gasteiger partial charge in [0, 0.05) is 12.2 Å². The number of benzene rings is 2. The van der Waals surface area contributed by atoms with E-state index >= 15 is 0 Å². The fraction of sp³-hybridized carbons (Fsp3) is 0.350. The Morgan fingerprint density at radius 1 is 1.00 bits per heavy atom. The first-order chi connectivity index (χ1) is 12.8. The van der Waals surface area contributed by atoms with E-state index in [0.717, 1.165) is 54.4 Å². The average Bonchev–Trinajstić information content (AvgIpc) is 2.68. The van der Waals surface area contributed by atoms with Gasteiger partial charge in [0.1, 0.15) is 12.6 Å². The van der Waals surface area contributed by atoms with Gasteiger partial charge in [0.05, 0.1) is 16.9 Å². The van der Waals surface area contributed by atoms with Crippen molar-refractivity contribution in [2.45, 2.75) is 24.9 Å². The quantitative estimate of drug-likeness (QED) is 0.547. The number of nitrogens with zero attached hydrogens (tertiary/aromatic N) is 1. The number of aliphatic hydroxyl groups is 1. The summed E-state index contributed by atoms with van der Waals surface area (Å²) >= 11 is 0. The minimum atomic E-state index is -0.154. The Morgan fingerprint density at radius 2 is 1.77 bits per heavy atom. The van der Waals surface area contributed by atoms with Gasteiger partial charge in [-0.2, -0.15) is 0 Å². The SMILES string of the molecule is OCNc1ccccc1CNC1=Nc2ccccc2NC12CCNCC2. The third-order valence-corrected chi connectivity index (χ3v) is 5.15. The van der Waals surface area contributed by atoms with Crippen LogP contribution in [-0.2, 0) is 6.54 Å². The zero-order valence-corrected chi connectivity index (χ0v) is 14.8. The van der Waals surface area contributed by atoms with Gasteiger partial charge in [0.15, 0.2) is 0 Å². The van der Waals surface area contributed by atoms with Crippen LogP contribution in [-0.4, -0.2) is 36.3 Å². The van der Waals surface area contributed by atoms with Crippen molar-refractivity contribution in [3.63, 3.8) is 0 Å². The molecule has 26 heavy (non-hydrogen) atoms. The first-order valence-corrected chi connectivity index (χ1v) is 9.14. The molecule has 6 heteroatoms. The summed E-state index contributed by atoms with van der Waals surface area (Å²) in [5.74, 6) is 0.997. The van der Waals surface area contributed by atoms with Crippen molar-refractivity contribution in [3.05, 3.63) is 54.1 Å². The van der Waals surface area contributed by atoms with Gasteiger partial charge < -0.3 is 26.4 Å². The van der Waals surface area contributed by atoms with Crippen molar-refractivity contribution in [3.8, 4) is 0 Å². The van der Waals surface area contributed by atoms with E-state index in [1.807, 2.05) is 36.4 Å². The lowest BCUT2D eigenvalue weighted by molar-refractivity contribution is 0.325. The largest absolute Gasteiger partial charge is 0.377 e. The third kappa shape index (κ3) is 3.25. The molecule has 1 saturated heterocycles. The molecule has 0 amide bonds. The molecule has 1 fully saturated rings. The Hall–Kier alpha value is -2.57. The monoisotopic (exact) mass is 351 g/mol. The normalized spacial score (nSPS) is 17.8. The van der Waals surface area contributed by atoms with Crippen LogP contribution in [0.3, 0.4) is 0 Å². The number of para-hydroxylation sites is 3. The number of anilines is 2. The minimum absolute atomic E-state index is 0.0809. The summed E-state index contributed by atoms with van der Waals surface area (Å²) in [5, 5.41) is 23.0. The highest BCUT2D eigenvalue weighted by molar-refractivity contribution is 6.00. The summed E-state index contributed by atoms with van der Waals surface area (Å²) in [7, 11) is 0. The molecule has 2 aromatic rings. The number of aliphatic imine (C=N–C) groups is 1. The Morgan fingerprint density at radius 3 is 2.62 bits per heavy atom. The van der Waals surface area contributed by atoms with Crippen molar-refractivity contribution < 1.29 is 5.11 Å². The van der Waals surface area contributed by atoms with E-state index in [-0.39, 0.29) is 12.3 Å². The Bertz CT molecular complexity index is 798. The number of nitrogens with one attached hydrogen (secondary N) is 4. The fourth-order valence-electron chi connectivity index (χ4n) is 3.76. The maximum Gasteiger partial charge on any atom is 0.128 e. The number of rotatable bonds is 4. The fourth-order valence-corrected chi connectivity index (χ4v) is 3.76. The van der Waals surface area contributed by atoms with Gasteiger partial charge in [-0.05, 0) is 49.7 Å². The highest BCUT2D eigenvalue weighted by Crippen LogP contribution is 2.36. The lowest BCUT2D eigenvalue weighted by Gasteiger charge is -2.43. The van der Waals surface area contributed by atoms with Crippen molar-refractivity contribution in [2.75, 3.05) is 30.5 Å². The molecule has 2 aliphatic rings. The summed E-state index contributed by atoms with van der Waals surface area (Å²) in [5.41, 5.74) is 3.96. The highest BCUT2D eigenvalue weighted by atomic mass is 16.3. The minimum Gasteiger partial charge on any atom is -0.377 e. The van der Waals surface area contributed by atoms with Gasteiger partial charge in [-0.3, -0.25) is 0 Å². The van der Waals surface area contributed by atoms with Crippen molar-refractivity contribution >= 4 is 22.9 Å². The van der Waals surface area contributed by atoms with Crippen molar-refractivity contribution in [2.24, 2.45) is 4.99 Å². The maximum absolute atomic E-state index is 9.20. The molecule has 2 aromatic carbocycles. The van der Waals surface area contributed by atoms with E-state index in [2.05, 4.69) is 33.4 Å². The van der Waals surface area contributed by atoms with E-state index in [0.29, 0.717) is 6.54 Å². The van der Waals surface area contributed by atoms with Gasteiger partial charge in [0.25, 0.3) is 0 Å². The van der Waals surface area contributed by atoms with Gasteiger partial charge in [-0.25, -0.2) is 4.99 Å². The van der Waals surface area contributed by atoms with E-state index in [4.69, 9.17) is 4.99 Å². The van der Waals surface area contributed by atoms with E-state index in [9.17, 15) is 5.11 Å². The van der Waals surface area contributed by atoms with Crippen LogP contribution in [0.15, 0.2) is 53.5 Å². The van der Waals surface area contributed by atoms with Gasteiger partial charge in [-0.1, -0.05) is 30.3 Å². The predicted octanol–water partition coefficient (Wildman–Crippen LogP) is 2.42. The molecule has 0 saturated carbocycles. The second kappa shape index (κ2) is 7.35. The molecule has 0 bridgehead atoms. The second-order valence-electron chi connectivity index (χ2n) is 6.78. The molecular formula is C20H25N5O. The topological polar surface area (TPSA) is 80.7 Å². The third-order valence-electron chi connectivity index (χ3n) is 5.15. The molecule has 0 aliphatic carbocycles. The summed E-state index contributed by atoms with van der Waals surface area (Å²) in [4.78, 5) is 4.96. The van der Waals surface area contributed by atoms with Crippen LogP contribution >= 0.6 is 0 Å². The van der Waals surface area contributed by atoms with E-state index in [1.165, 1.54) is 0 Å². The summed E-state index contributed by atoms with van der Waals surface area (Å²) < 4.78 is 0. The summed E-state index contributed by atoms with van der Waals surface area (Å²) in [6.07, 6.45) is 1.98. The lowest BCUT2D eigenvalue weighted by Crippen LogP contribution is -2.58. The van der Waals surface area contributed by atoms with Gasteiger partial charge in [-0.15, -0.1) is 0 Å². The van der Waals surface area contributed by atoms with Crippen molar-refractivity contribution in [1.29, 1.82) is 0 Å². The maximum atomic E-state index is 9.20. The second-order valence-corrected chi connectivity index (χ2v) is 6.78. The van der Waals surface area contributed by atoms with E-state index < -0.39 is 0 Å². The molecule has 2 aliphatic heterocycles. The lowest BCUT2D eigenvalue weighted by atomic mass is 9.85. The van der Waals surface area contributed by atoms with Crippen molar-refractivity contribution in [1.82, 2.24) is 10.6 Å². The molecule has 0 radical (unpaired) electrons. The Balaban J connectivity index is 1.61. The smallest absolute Gasteiger partial charge is 0.128 e. The number of hydrogen-bond donors (Lipinski definition) is 5. The molecular weight excluding hydrogens is 326 g/mol. The zero-order chi connectivity index (χ0) is 17.8. The molecule has 4 rings (SSSR count). The van der Waals surface area contributed by atoms with Gasteiger partial charge >= 0.3 is 0 Å². The van der Waals surface area contributed by atoms with Crippen LogP contribution in [0.25, 0.3) is 0 Å². The number of fused-ring (bicyclic) bond motifs is 1. The number of piperidine rings is 1. The van der Waals surface area contributed by atoms with E-state index in [1.54, 1.807) is 0 Å². The summed E-state index contributed by atoms with van der Waals surface area (Å²) in [6.45, 7) is 2.51. The van der Waals surface area contributed by atoms with Crippen LogP contribution in [0.2, 0.25) is 0 Å². The Labute approximate surface area is 153 Å². The standard InChI is InChI=1S/C20H25N5O/c26-14-23-16-6-2-1-5-15(16)13-22-19-20(9-11-21-12-10-20)25-18-8-4-3-7-17(18)24-19/h1-8,21,23,25-26H,9-14H2,(H,22,24). The average molecular weight is 351 g/mol. The molecule has 2 heterocycles. The molecule has 1 spiro atoms. The molecule has 5 N–H and O–H groups in total. The van der Waals surface area contributed by atoms with Gasteiger partial charge in [0.2, 0.25) is 0 Å².